The van der Waals surface area contributed by atoms with Gasteiger partial charge in [-0.15, -0.1) is 0 Å². The van der Waals surface area contributed by atoms with Gasteiger partial charge in [0.15, 0.2) is 0 Å². The second-order valence-electron chi connectivity index (χ2n) is 8.13. The molecule has 8 heteroatoms. The Morgan fingerprint density at radius 3 is 2.33 bits per heavy atom. The first kappa shape index (κ1) is 23.2. The predicted octanol–water partition coefficient (Wildman–Crippen LogP) is 2.19. The van der Waals surface area contributed by atoms with Crippen LogP contribution in [0.25, 0.3) is 0 Å². The Hall–Kier alpha value is -1.48. The van der Waals surface area contributed by atoms with E-state index in [1.54, 1.807) is 8.61 Å². The molecule has 7 nitrogen and oxygen atoms in total. The molecule has 0 radical (unpaired) electrons. The molecular formula is C22H35N3O4S. The fraction of sp³-hybridized carbons (Fsp3) is 0.682. The van der Waals surface area contributed by atoms with Crippen LogP contribution in [0.3, 0.4) is 0 Å². The van der Waals surface area contributed by atoms with Crippen LogP contribution < -0.4 is 5.32 Å². The summed E-state index contributed by atoms with van der Waals surface area (Å²) in [5.41, 5.74) is 1.26. The molecule has 0 aromatic heterocycles. The summed E-state index contributed by atoms with van der Waals surface area (Å²) in [7, 11) is -3.37. The minimum Gasteiger partial charge on any atom is -0.381 e. The Bertz CT molecular complexity index is 743. The van der Waals surface area contributed by atoms with Gasteiger partial charge in [0, 0.05) is 45.2 Å². The first-order valence-corrected chi connectivity index (χ1v) is 12.6. The van der Waals surface area contributed by atoms with Crippen molar-refractivity contribution in [3.8, 4) is 0 Å². The molecule has 0 spiro atoms. The number of piperidine rings is 2. The third-order valence-corrected chi connectivity index (χ3v) is 7.97. The maximum atomic E-state index is 12.7. The number of ether oxygens (including phenoxy) is 1. The van der Waals surface area contributed by atoms with Crippen molar-refractivity contribution in [3.05, 3.63) is 35.9 Å². The number of nitrogens with one attached hydrogen (secondary N) is 1. The summed E-state index contributed by atoms with van der Waals surface area (Å²) in [5, 5.41) is 2.98. The van der Waals surface area contributed by atoms with E-state index in [9.17, 15) is 13.2 Å². The minimum absolute atomic E-state index is 0.0364. The number of hydrogen-bond acceptors (Lipinski definition) is 4. The van der Waals surface area contributed by atoms with Gasteiger partial charge in [-0.2, -0.15) is 17.0 Å². The molecule has 0 saturated carbocycles. The summed E-state index contributed by atoms with van der Waals surface area (Å²) in [4.78, 5) is 12.4. The molecule has 2 fully saturated rings. The van der Waals surface area contributed by atoms with Gasteiger partial charge in [-0.05, 0) is 44.1 Å². The zero-order valence-corrected chi connectivity index (χ0v) is 18.6. The highest BCUT2D eigenvalue weighted by molar-refractivity contribution is 7.86. The molecule has 2 heterocycles. The van der Waals surface area contributed by atoms with Crippen LogP contribution in [0.4, 0.5) is 0 Å². The predicted molar refractivity (Wildman–Crippen MR) is 117 cm³/mol. The monoisotopic (exact) mass is 437 g/mol. The molecule has 2 saturated heterocycles. The second-order valence-corrected chi connectivity index (χ2v) is 10.1. The van der Waals surface area contributed by atoms with Gasteiger partial charge in [0.25, 0.3) is 10.2 Å². The van der Waals surface area contributed by atoms with Gasteiger partial charge in [-0.3, -0.25) is 4.79 Å². The number of carbonyl (C=O) groups is 1. The van der Waals surface area contributed by atoms with Gasteiger partial charge in [0.2, 0.25) is 5.91 Å². The van der Waals surface area contributed by atoms with Crippen molar-refractivity contribution < 1.29 is 17.9 Å². The largest absolute Gasteiger partial charge is 0.381 e. The van der Waals surface area contributed by atoms with Crippen molar-refractivity contribution in [3.63, 3.8) is 0 Å². The summed E-state index contributed by atoms with van der Waals surface area (Å²) >= 11 is 0. The van der Waals surface area contributed by atoms with Crippen molar-refractivity contribution in [2.75, 3.05) is 45.9 Å². The van der Waals surface area contributed by atoms with Crippen LogP contribution in [0.1, 0.15) is 44.1 Å². The fourth-order valence-corrected chi connectivity index (χ4v) is 5.79. The van der Waals surface area contributed by atoms with Crippen molar-refractivity contribution >= 4 is 16.1 Å². The van der Waals surface area contributed by atoms with E-state index in [-0.39, 0.29) is 11.8 Å². The molecule has 0 aliphatic carbocycles. The van der Waals surface area contributed by atoms with Crippen LogP contribution in [-0.2, 0) is 26.2 Å². The first-order valence-electron chi connectivity index (χ1n) is 11.2. The summed E-state index contributed by atoms with van der Waals surface area (Å²) in [5.74, 6) is -0.0638. The maximum Gasteiger partial charge on any atom is 0.281 e. The maximum absolute atomic E-state index is 12.7. The van der Waals surface area contributed by atoms with E-state index in [2.05, 4.69) is 17.4 Å². The number of rotatable bonds is 10. The van der Waals surface area contributed by atoms with E-state index >= 15 is 0 Å². The lowest BCUT2D eigenvalue weighted by Crippen LogP contribution is -2.50. The Balaban J connectivity index is 1.27. The number of hydrogen-bond donors (Lipinski definition) is 1. The fourth-order valence-electron chi connectivity index (χ4n) is 4.07. The van der Waals surface area contributed by atoms with Crippen LogP contribution in [0.2, 0.25) is 0 Å². The quantitative estimate of drug-likeness (QED) is 0.569. The van der Waals surface area contributed by atoms with Gasteiger partial charge in [-0.25, -0.2) is 0 Å². The molecular weight excluding hydrogens is 402 g/mol. The molecule has 0 bridgehead atoms. The minimum atomic E-state index is -3.37. The van der Waals surface area contributed by atoms with Crippen LogP contribution in [0.15, 0.2) is 30.3 Å². The Labute approximate surface area is 180 Å². The molecule has 30 heavy (non-hydrogen) atoms. The lowest BCUT2D eigenvalue weighted by Gasteiger charge is -2.35. The topological polar surface area (TPSA) is 79.0 Å². The molecule has 1 aromatic rings. The normalized spacial score (nSPS) is 19.6. The van der Waals surface area contributed by atoms with E-state index in [4.69, 9.17) is 4.74 Å². The number of nitrogens with zero attached hydrogens (tertiary/aromatic N) is 2. The van der Waals surface area contributed by atoms with Crippen molar-refractivity contribution in [2.24, 2.45) is 5.92 Å². The van der Waals surface area contributed by atoms with Gasteiger partial charge in [-0.1, -0.05) is 36.8 Å². The standard InChI is InChI=1S/C22H35N3O4S/c26-22(23-13-7-18-29-19-12-20-8-3-1-4-9-20)21-10-16-25(17-11-21)30(27,28)24-14-5-2-6-15-24/h1,3-4,8-9,21H,2,5-7,10-19H2,(H,23,26). The van der Waals surface area contributed by atoms with Crippen molar-refractivity contribution in [2.45, 2.75) is 44.9 Å². The average molecular weight is 438 g/mol. The highest BCUT2D eigenvalue weighted by atomic mass is 32.2. The van der Waals surface area contributed by atoms with Gasteiger partial charge in [0.1, 0.15) is 0 Å². The Morgan fingerprint density at radius 2 is 1.63 bits per heavy atom. The molecule has 1 amide bonds. The highest BCUT2D eigenvalue weighted by Gasteiger charge is 2.35. The average Bonchev–Trinajstić information content (AvgIpc) is 2.79. The molecule has 0 unspecified atom stereocenters. The summed E-state index contributed by atoms with van der Waals surface area (Å²) in [6.45, 7) is 4.00. The molecule has 2 aliphatic heterocycles. The number of amides is 1. The zero-order valence-electron chi connectivity index (χ0n) is 17.8. The number of benzene rings is 1. The summed E-state index contributed by atoms with van der Waals surface area (Å²) in [6.07, 6.45) is 5.84. The molecule has 3 rings (SSSR count). The summed E-state index contributed by atoms with van der Waals surface area (Å²) < 4.78 is 34.3. The van der Waals surface area contributed by atoms with Crippen molar-refractivity contribution in [1.82, 2.24) is 13.9 Å². The SMILES string of the molecule is O=C(NCCCOCCc1ccccc1)C1CCN(S(=O)(=O)N2CCCCC2)CC1. The van der Waals surface area contributed by atoms with Gasteiger partial charge >= 0.3 is 0 Å². The van der Waals surface area contributed by atoms with E-state index in [0.717, 1.165) is 32.1 Å². The zero-order chi connectivity index (χ0) is 21.2. The third-order valence-electron chi connectivity index (χ3n) is 5.93. The lowest BCUT2D eigenvalue weighted by atomic mass is 9.97. The third kappa shape index (κ3) is 6.77. The van der Waals surface area contributed by atoms with Crippen LogP contribution >= 0.6 is 0 Å². The van der Waals surface area contributed by atoms with E-state index in [0.29, 0.717) is 58.8 Å². The molecule has 1 aromatic carbocycles. The van der Waals surface area contributed by atoms with Crippen LogP contribution in [0, 0.1) is 5.92 Å². The number of carbonyl (C=O) groups excluding carboxylic acids is 1. The second kappa shape index (κ2) is 11.8. The van der Waals surface area contributed by atoms with Crippen molar-refractivity contribution in [1.29, 1.82) is 0 Å². The van der Waals surface area contributed by atoms with Gasteiger partial charge in [0.05, 0.1) is 6.61 Å². The highest BCUT2D eigenvalue weighted by Crippen LogP contribution is 2.23. The molecule has 0 atom stereocenters. The van der Waals surface area contributed by atoms with Gasteiger partial charge < -0.3 is 10.1 Å². The summed E-state index contributed by atoms with van der Waals surface area (Å²) in [6, 6.07) is 10.2. The van der Waals surface area contributed by atoms with E-state index in [1.165, 1.54) is 5.56 Å². The molecule has 168 valence electrons. The van der Waals surface area contributed by atoms with E-state index in [1.807, 2.05) is 18.2 Å². The first-order chi connectivity index (χ1) is 14.6. The molecule has 1 N–H and O–H groups in total. The smallest absolute Gasteiger partial charge is 0.281 e. The van der Waals surface area contributed by atoms with E-state index < -0.39 is 10.2 Å². The Morgan fingerprint density at radius 1 is 0.967 bits per heavy atom. The lowest BCUT2D eigenvalue weighted by molar-refractivity contribution is -0.126. The molecule has 2 aliphatic rings. The van der Waals surface area contributed by atoms with Crippen LogP contribution in [-0.4, -0.2) is 68.9 Å². The Kier molecular flexibility index (Phi) is 9.11. The van der Waals surface area contributed by atoms with Crippen LogP contribution in [0.5, 0.6) is 0 Å².